The van der Waals surface area contributed by atoms with Gasteiger partial charge in [0.2, 0.25) is 7.41 Å². The Morgan fingerprint density at radius 2 is 2.25 bits per heavy atom. The number of hydrogen-bond acceptors (Lipinski definition) is 2. The molecule has 0 atom stereocenters. The fraction of sp³-hybridized carbons (Fsp3) is 1.00. The molecule has 0 aromatic rings. The quantitative estimate of drug-likeness (QED) is 0.466. The van der Waals surface area contributed by atoms with E-state index < -0.39 is 0 Å². The predicted octanol–water partition coefficient (Wildman–Crippen LogP) is 0.729. The molecule has 2 nitrogen and oxygen atoms in total. The lowest BCUT2D eigenvalue weighted by Gasteiger charge is -2.07. The van der Waals surface area contributed by atoms with Gasteiger partial charge in [-0.2, -0.15) is 0 Å². The Balaban J connectivity index is 2.00. The zero-order valence-corrected chi connectivity index (χ0v) is 5.02. The van der Waals surface area contributed by atoms with Crippen LogP contribution in [0.5, 0.6) is 0 Å². The second kappa shape index (κ2) is 3.92. The summed E-state index contributed by atoms with van der Waals surface area (Å²) < 4.78 is 0. The van der Waals surface area contributed by atoms with Gasteiger partial charge < -0.3 is 4.84 Å². The summed E-state index contributed by atoms with van der Waals surface area (Å²) in [6.45, 7) is 0.858. The zero-order chi connectivity index (χ0) is 5.66. The Kier molecular flexibility index (Phi) is 3.00. The molecule has 0 amide bonds. The van der Waals surface area contributed by atoms with Crippen molar-refractivity contribution < 1.29 is 4.84 Å². The van der Waals surface area contributed by atoms with E-state index >= 15 is 0 Å². The van der Waals surface area contributed by atoms with Crippen molar-refractivity contribution in [1.82, 2.24) is 5.39 Å². The fourth-order valence-corrected chi connectivity index (χ4v) is 0.774. The zero-order valence-electron chi connectivity index (χ0n) is 5.02. The molecule has 0 bridgehead atoms. The summed E-state index contributed by atoms with van der Waals surface area (Å²) in [6.07, 6.45) is 4.94. The molecule has 1 aliphatic heterocycles. The molecule has 1 saturated heterocycles. The third-order valence-corrected chi connectivity index (χ3v) is 1.26. The molecule has 0 aromatic carbocycles. The van der Waals surface area contributed by atoms with Gasteiger partial charge in [-0.15, -0.1) is 0 Å². The summed E-state index contributed by atoms with van der Waals surface area (Å²) in [5.74, 6) is 0. The van der Waals surface area contributed by atoms with Crippen LogP contribution in [0.15, 0.2) is 0 Å². The van der Waals surface area contributed by atoms with Crippen LogP contribution in [0, 0.1) is 0 Å². The standard InChI is InChI=1S/C5H11BNO/c1-2-4-6-7-8-5-3-1/h7H,1-5H2. The molecule has 0 aromatic heterocycles. The summed E-state index contributed by atoms with van der Waals surface area (Å²) in [5.41, 5.74) is 0. The highest BCUT2D eigenvalue weighted by molar-refractivity contribution is 6.31. The molecular formula is C5H11BNO. The summed E-state index contributed by atoms with van der Waals surface area (Å²) in [7, 11) is 1.97. The maximum atomic E-state index is 4.97. The molecule has 8 heavy (non-hydrogen) atoms. The lowest BCUT2D eigenvalue weighted by molar-refractivity contribution is 0.0858. The predicted molar refractivity (Wildman–Crippen MR) is 33.5 cm³/mol. The summed E-state index contributed by atoms with van der Waals surface area (Å²) in [6, 6.07) is 0. The maximum Gasteiger partial charge on any atom is 0.241 e. The van der Waals surface area contributed by atoms with E-state index in [2.05, 4.69) is 5.39 Å². The monoisotopic (exact) mass is 112 g/mol. The lowest BCUT2D eigenvalue weighted by atomic mass is 9.87. The van der Waals surface area contributed by atoms with Gasteiger partial charge in [0, 0.05) is 0 Å². The minimum absolute atomic E-state index is 0.858. The van der Waals surface area contributed by atoms with E-state index in [4.69, 9.17) is 4.84 Å². The normalized spacial score (nSPS) is 23.0. The second-order valence-corrected chi connectivity index (χ2v) is 2.02. The Morgan fingerprint density at radius 3 is 3.25 bits per heavy atom. The molecule has 1 radical (unpaired) electrons. The summed E-state index contributed by atoms with van der Waals surface area (Å²) in [5, 5.41) is 2.76. The Labute approximate surface area is 50.8 Å². The van der Waals surface area contributed by atoms with Gasteiger partial charge in [-0.3, -0.25) is 5.39 Å². The Hall–Kier alpha value is -0.0151. The van der Waals surface area contributed by atoms with Crippen molar-refractivity contribution in [2.75, 3.05) is 6.61 Å². The summed E-state index contributed by atoms with van der Waals surface area (Å²) in [4.78, 5) is 4.97. The minimum Gasteiger partial charge on any atom is -0.314 e. The van der Waals surface area contributed by atoms with Crippen LogP contribution in [0.25, 0.3) is 0 Å². The SMILES string of the molecule is [B]1CCCCCON1. The van der Waals surface area contributed by atoms with Gasteiger partial charge in [0.25, 0.3) is 0 Å². The Morgan fingerprint density at radius 1 is 1.25 bits per heavy atom. The molecule has 0 unspecified atom stereocenters. The van der Waals surface area contributed by atoms with Gasteiger partial charge in [-0.1, -0.05) is 19.2 Å². The van der Waals surface area contributed by atoms with Gasteiger partial charge in [-0.25, -0.2) is 0 Å². The summed E-state index contributed by atoms with van der Waals surface area (Å²) >= 11 is 0. The molecule has 1 N–H and O–H groups in total. The van der Waals surface area contributed by atoms with Crippen LogP contribution in [-0.4, -0.2) is 14.0 Å². The molecule has 1 rings (SSSR count). The first kappa shape index (κ1) is 6.11. The largest absolute Gasteiger partial charge is 0.314 e. The van der Waals surface area contributed by atoms with Crippen LogP contribution < -0.4 is 5.39 Å². The van der Waals surface area contributed by atoms with Gasteiger partial charge in [0.05, 0.1) is 6.61 Å². The van der Waals surface area contributed by atoms with Crippen molar-refractivity contribution in [1.29, 1.82) is 0 Å². The van der Waals surface area contributed by atoms with E-state index in [9.17, 15) is 0 Å². The smallest absolute Gasteiger partial charge is 0.241 e. The first-order valence-corrected chi connectivity index (χ1v) is 3.19. The first-order chi connectivity index (χ1) is 4.00. The van der Waals surface area contributed by atoms with Crippen LogP contribution in [0.1, 0.15) is 19.3 Å². The van der Waals surface area contributed by atoms with E-state index in [1.807, 2.05) is 7.41 Å². The molecule has 3 heteroatoms. The first-order valence-electron chi connectivity index (χ1n) is 3.19. The topological polar surface area (TPSA) is 21.3 Å². The van der Waals surface area contributed by atoms with Crippen LogP contribution >= 0.6 is 0 Å². The molecule has 0 saturated carbocycles. The van der Waals surface area contributed by atoms with Crippen LogP contribution in [0.2, 0.25) is 6.32 Å². The van der Waals surface area contributed by atoms with Gasteiger partial charge in [0.15, 0.2) is 0 Å². The highest BCUT2D eigenvalue weighted by Crippen LogP contribution is 2.00. The Bertz CT molecular complexity index is 36.4. The molecule has 1 fully saturated rings. The number of nitrogens with one attached hydrogen (secondary N) is 1. The van der Waals surface area contributed by atoms with Crippen molar-refractivity contribution in [3.63, 3.8) is 0 Å². The molecule has 1 heterocycles. The molecule has 0 spiro atoms. The van der Waals surface area contributed by atoms with Crippen molar-refractivity contribution >= 4 is 7.41 Å². The average Bonchev–Trinajstić information content (AvgIpc) is 1.62. The van der Waals surface area contributed by atoms with Gasteiger partial charge in [-0.05, 0) is 6.42 Å². The third-order valence-electron chi connectivity index (χ3n) is 1.26. The van der Waals surface area contributed by atoms with Crippen molar-refractivity contribution in [2.24, 2.45) is 0 Å². The van der Waals surface area contributed by atoms with Crippen molar-refractivity contribution in [2.45, 2.75) is 25.6 Å². The van der Waals surface area contributed by atoms with E-state index in [0.717, 1.165) is 12.9 Å². The molecule has 45 valence electrons. The third kappa shape index (κ3) is 2.33. The van der Waals surface area contributed by atoms with E-state index in [-0.39, 0.29) is 0 Å². The van der Waals surface area contributed by atoms with Crippen LogP contribution in [0.4, 0.5) is 0 Å². The fourth-order valence-electron chi connectivity index (χ4n) is 0.774. The van der Waals surface area contributed by atoms with Gasteiger partial charge >= 0.3 is 0 Å². The highest BCUT2D eigenvalue weighted by Gasteiger charge is 1.96. The van der Waals surface area contributed by atoms with Crippen molar-refractivity contribution in [3.05, 3.63) is 0 Å². The molecule has 1 aliphatic rings. The van der Waals surface area contributed by atoms with Gasteiger partial charge in [0.1, 0.15) is 0 Å². The van der Waals surface area contributed by atoms with E-state index in [1.54, 1.807) is 0 Å². The van der Waals surface area contributed by atoms with Crippen LogP contribution in [-0.2, 0) is 4.84 Å². The van der Waals surface area contributed by atoms with E-state index in [1.165, 1.54) is 19.3 Å². The maximum absolute atomic E-state index is 4.97. The highest BCUT2D eigenvalue weighted by atomic mass is 16.6. The number of rotatable bonds is 0. The van der Waals surface area contributed by atoms with E-state index in [0.29, 0.717) is 0 Å². The van der Waals surface area contributed by atoms with Crippen LogP contribution in [0.3, 0.4) is 0 Å². The number of hydrogen-bond donors (Lipinski definition) is 1. The molecule has 0 aliphatic carbocycles. The minimum atomic E-state index is 0.858. The lowest BCUT2D eigenvalue weighted by Crippen LogP contribution is -2.21. The molecular weight excluding hydrogens is 101 g/mol. The van der Waals surface area contributed by atoms with Crippen molar-refractivity contribution in [3.8, 4) is 0 Å². The average molecular weight is 112 g/mol. The second-order valence-electron chi connectivity index (χ2n) is 2.02.